The number of aromatic nitrogens is 1. The molecular weight excluding hydrogens is 267 g/mol. The molecule has 0 bridgehead atoms. The highest BCUT2D eigenvalue weighted by Crippen LogP contribution is 2.17. The summed E-state index contributed by atoms with van der Waals surface area (Å²) >= 11 is 5.78. The molecule has 0 fully saturated rings. The molecule has 0 N–H and O–H groups in total. The van der Waals surface area contributed by atoms with Gasteiger partial charge in [0.1, 0.15) is 5.82 Å². The van der Waals surface area contributed by atoms with Crippen molar-refractivity contribution >= 4 is 17.5 Å². The molecule has 3 nitrogen and oxygen atoms in total. The molecule has 0 aliphatic rings. The molecule has 0 atom stereocenters. The Morgan fingerprint density at radius 1 is 1.32 bits per heavy atom. The Morgan fingerprint density at radius 3 is 2.68 bits per heavy atom. The number of nitrogens with zero attached hydrogens (tertiary/aromatic N) is 2. The molecule has 0 saturated heterocycles. The quantitative estimate of drug-likeness (QED) is 0.864. The second kappa shape index (κ2) is 5.80. The largest absolute Gasteiger partial charge is 0.337 e. The Balaban J connectivity index is 2.17. The maximum absolute atomic E-state index is 13.6. The minimum atomic E-state index is -0.573. The van der Waals surface area contributed by atoms with Gasteiger partial charge in [0.2, 0.25) is 0 Å². The van der Waals surface area contributed by atoms with Crippen molar-refractivity contribution in [2.24, 2.45) is 0 Å². The number of carbonyl (C=O) groups is 1. The second-order valence-electron chi connectivity index (χ2n) is 4.14. The summed E-state index contributed by atoms with van der Waals surface area (Å²) in [6, 6.07) is 7.55. The zero-order valence-electron chi connectivity index (χ0n) is 10.3. The number of hydrogen-bond acceptors (Lipinski definition) is 2. The molecular formula is C14H12ClFN2O. The summed E-state index contributed by atoms with van der Waals surface area (Å²) in [6.45, 7) is 0.382. The van der Waals surface area contributed by atoms with E-state index < -0.39 is 11.7 Å². The van der Waals surface area contributed by atoms with E-state index in [0.29, 0.717) is 11.6 Å². The molecule has 2 rings (SSSR count). The molecule has 0 aliphatic heterocycles. The lowest BCUT2D eigenvalue weighted by molar-refractivity contribution is 0.0780. The van der Waals surface area contributed by atoms with E-state index in [1.165, 1.54) is 23.1 Å². The molecule has 0 aliphatic carbocycles. The fraction of sp³-hybridized carbons (Fsp3) is 0.143. The van der Waals surface area contributed by atoms with Gasteiger partial charge in [-0.2, -0.15) is 0 Å². The summed E-state index contributed by atoms with van der Waals surface area (Å²) in [5.74, 6) is -0.979. The van der Waals surface area contributed by atoms with Crippen molar-refractivity contribution in [3.63, 3.8) is 0 Å². The molecule has 1 heterocycles. The van der Waals surface area contributed by atoms with E-state index in [-0.39, 0.29) is 5.56 Å². The number of carbonyl (C=O) groups excluding carboxylic acids is 1. The lowest BCUT2D eigenvalue weighted by Gasteiger charge is -2.17. The number of amides is 1. The summed E-state index contributed by atoms with van der Waals surface area (Å²) in [4.78, 5) is 17.5. The van der Waals surface area contributed by atoms with Crippen LogP contribution in [0, 0.1) is 5.82 Å². The molecule has 1 aromatic carbocycles. The third-order valence-corrected chi connectivity index (χ3v) is 2.91. The Morgan fingerprint density at radius 2 is 2.00 bits per heavy atom. The van der Waals surface area contributed by atoms with Gasteiger partial charge in [-0.05, 0) is 35.9 Å². The molecule has 5 heteroatoms. The molecule has 2 aromatic rings. The minimum Gasteiger partial charge on any atom is -0.337 e. The summed E-state index contributed by atoms with van der Waals surface area (Å²) in [6.07, 6.45) is 3.29. The number of benzene rings is 1. The Bertz CT molecular complexity index is 589. The van der Waals surface area contributed by atoms with Crippen LogP contribution in [-0.2, 0) is 6.54 Å². The highest BCUT2D eigenvalue weighted by molar-refractivity contribution is 6.30. The van der Waals surface area contributed by atoms with Crippen LogP contribution in [0.5, 0.6) is 0 Å². The Labute approximate surface area is 115 Å². The third-order valence-electron chi connectivity index (χ3n) is 2.67. The van der Waals surface area contributed by atoms with Crippen LogP contribution in [0.15, 0.2) is 42.7 Å². The molecule has 0 spiro atoms. The standard InChI is InChI=1S/C14H12ClFN2O/c1-18(9-10-4-6-17-7-5-10)14(19)12-8-11(15)2-3-13(12)16/h2-8H,9H2,1H3. The second-order valence-corrected chi connectivity index (χ2v) is 4.58. The third kappa shape index (κ3) is 3.29. The lowest BCUT2D eigenvalue weighted by Crippen LogP contribution is -2.27. The number of rotatable bonds is 3. The molecule has 0 saturated carbocycles. The zero-order chi connectivity index (χ0) is 13.8. The van der Waals surface area contributed by atoms with E-state index in [1.807, 2.05) is 0 Å². The first-order chi connectivity index (χ1) is 9.08. The van der Waals surface area contributed by atoms with Crippen LogP contribution in [0.2, 0.25) is 5.02 Å². The van der Waals surface area contributed by atoms with E-state index in [0.717, 1.165) is 5.56 Å². The van der Waals surface area contributed by atoms with Crippen molar-refractivity contribution in [1.29, 1.82) is 0 Å². The van der Waals surface area contributed by atoms with Crippen molar-refractivity contribution in [3.05, 3.63) is 64.7 Å². The average Bonchev–Trinajstić information content (AvgIpc) is 2.42. The van der Waals surface area contributed by atoms with Crippen molar-refractivity contribution in [2.45, 2.75) is 6.54 Å². The van der Waals surface area contributed by atoms with E-state index >= 15 is 0 Å². The van der Waals surface area contributed by atoms with Crippen LogP contribution in [0.1, 0.15) is 15.9 Å². The maximum Gasteiger partial charge on any atom is 0.256 e. The average molecular weight is 279 g/mol. The van der Waals surface area contributed by atoms with Gasteiger partial charge in [-0.3, -0.25) is 9.78 Å². The van der Waals surface area contributed by atoms with Gasteiger partial charge in [-0.1, -0.05) is 11.6 Å². The van der Waals surface area contributed by atoms with Gasteiger partial charge >= 0.3 is 0 Å². The highest BCUT2D eigenvalue weighted by atomic mass is 35.5. The van der Waals surface area contributed by atoms with Gasteiger partial charge < -0.3 is 4.90 Å². The Hall–Kier alpha value is -1.94. The van der Waals surface area contributed by atoms with Gasteiger partial charge in [0, 0.05) is 31.0 Å². The molecule has 98 valence electrons. The molecule has 1 amide bonds. The fourth-order valence-corrected chi connectivity index (χ4v) is 1.87. The van der Waals surface area contributed by atoms with Gasteiger partial charge in [0.05, 0.1) is 5.56 Å². The SMILES string of the molecule is CN(Cc1ccncc1)C(=O)c1cc(Cl)ccc1F. The predicted octanol–water partition coefficient (Wildman–Crippen LogP) is 3.15. The molecule has 0 unspecified atom stereocenters. The number of hydrogen-bond donors (Lipinski definition) is 0. The van der Waals surface area contributed by atoms with E-state index in [1.54, 1.807) is 31.6 Å². The van der Waals surface area contributed by atoms with E-state index in [2.05, 4.69) is 4.98 Å². The number of halogens is 2. The molecule has 0 radical (unpaired) electrons. The predicted molar refractivity (Wildman–Crippen MR) is 71.4 cm³/mol. The zero-order valence-corrected chi connectivity index (χ0v) is 11.1. The van der Waals surface area contributed by atoms with Crippen molar-refractivity contribution in [1.82, 2.24) is 9.88 Å². The van der Waals surface area contributed by atoms with Crippen LogP contribution in [0.25, 0.3) is 0 Å². The van der Waals surface area contributed by atoms with Crippen LogP contribution in [0.4, 0.5) is 4.39 Å². The van der Waals surface area contributed by atoms with Crippen molar-refractivity contribution in [3.8, 4) is 0 Å². The van der Waals surface area contributed by atoms with Gasteiger partial charge in [0.25, 0.3) is 5.91 Å². The van der Waals surface area contributed by atoms with Crippen LogP contribution in [-0.4, -0.2) is 22.8 Å². The number of pyridine rings is 1. The monoisotopic (exact) mass is 278 g/mol. The summed E-state index contributed by atoms with van der Waals surface area (Å²) in [7, 11) is 1.61. The molecule has 19 heavy (non-hydrogen) atoms. The molecule has 1 aromatic heterocycles. The van der Waals surface area contributed by atoms with Crippen LogP contribution in [0.3, 0.4) is 0 Å². The Kier molecular flexibility index (Phi) is 4.12. The fourth-order valence-electron chi connectivity index (χ4n) is 1.70. The van der Waals surface area contributed by atoms with Crippen LogP contribution < -0.4 is 0 Å². The minimum absolute atomic E-state index is 0.0240. The van der Waals surface area contributed by atoms with Crippen molar-refractivity contribution < 1.29 is 9.18 Å². The van der Waals surface area contributed by atoms with Gasteiger partial charge in [-0.25, -0.2) is 4.39 Å². The maximum atomic E-state index is 13.6. The van der Waals surface area contributed by atoms with Crippen molar-refractivity contribution in [2.75, 3.05) is 7.05 Å². The first-order valence-corrected chi connectivity index (χ1v) is 6.05. The normalized spacial score (nSPS) is 10.3. The smallest absolute Gasteiger partial charge is 0.256 e. The van der Waals surface area contributed by atoms with E-state index in [4.69, 9.17) is 11.6 Å². The van der Waals surface area contributed by atoms with Crippen LogP contribution >= 0.6 is 11.6 Å². The summed E-state index contributed by atoms with van der Waals surface area (Å²) in [5.41, 5.74) is 0.900. The topological polar surface area (TPSA) is 33.2 Å². The first kappa shape index (κ1) is 13.5. The summed E-state index contributed by atoms with van der Waals surface area (Å²) in [5, 5.41) is 0.335. The highest BCUT2D eigenvalue weighted by Gasteiger charge is 2.16. The first-order valence-electron chi connectivity index (χ1n) is 5.67. The lowest BCUT2D eigenvalue weighted by atomic mass is 10.1. The van der Waals surface area contributed by atoms with E-state index in [9.17, 15) is 9.18 Å². The van der Waals surface area contributed by atoms with Gasteiger partial charge in [-0.15, -0.1) is 0 Å². The summed E-state index contributed by atoms with van der Waals surface area (Å²) < 4.78 is 13.6. The van der Waals surface area contributed by atoms with Gasteiger partial charge in [0.15, 0.2) is 0 Å².